The zero-order chi connectivity index (χ0) is 19.7. The van der Waals surface area contributed by atoms with E-state index in [4.69, 9.17) is 0 Å². The molecule has 5 nitrogen and oxygen atoms in total. The second kappa shape index (κ2) is 7.11. The number of carbonyl (C=O) groups excluding carboxylic acids is 1. The summed E-state index contributed by atoms with van der Waals surface area (Å²) in [6.07, 6.45) is 1.68. The smallest absolute Gasteiger partial charge is 0.230 e. The zero-order valence-corrected chi connectivity index (χ0v) is 16.8. The summed E-state index contributed by atoms with van der Waals surface area (Å²) in [5.41, 5.74) is 0.752. The highest BCUT2D eigenvalue weighted by Gasteiger charge is 2.32. The Hall–Kier alpha value is -2.34. The average molecular weight is 375 g/mol. The zero-order valence-electron chi connectivity index (χ0n) is 16.0. The summed E-state index contributed by atoms with van der Waals surface area (Å²) in [5, 5.41) is 2.84. The van der Waals surface area contributed by atoms with E-state index in [0.717, 1.165) is 5.69 Å². The predicted octanol–water partition coefficient (Wildman–Crippen LogP) is 4.11. The summed E-state index contributed by atoms with van der Waals surface area (Å²) in [7, 11) is -3.78. The van der Waals surface area contributed by atoms with Gasteiger partial charge >= 0.3 is 0 Å². The van der Waals surface area contributed by atoms with Crippen LogP contribution < -0.4 is 5.32 Å². The number of anilines is 1. The lowest BCUT2D eigenvalue weighted by atomic mass is 9.96. The largest absolute Gasteiger partial charge is 0.327 e. The predicted molar refractivity (Wildman–Crippen MR) is 104 cm³/mol. The van der Waals surface area contributed by atoms with Crippen LogP contribution >= 0.6 is 0 Å². The van der Waals surface area contributed by atoms with E-state index in [1.54, 1.807) is 68.7 Å². The maximum absolute atomic E-state index is 13.3. The molecule has 6 heteroatoms. The minimum Gasteiger partial charge on any atom is -0.327 e. The van der Waals surface area contributed by atoms with E-state index in [9.17, 15) is 13.2 Å². The Balaban J connectivity index is 2.75. The van der Waals surface area contributed by atoms with Crippen molar-refractivity contribution < 1.29 is 13.2 Å². The third-order valence-corrected chi connectivity index (χ3v) is 6.25. The lowest BCUT2D eigenvalue weighted by Crippen LogP contribution is -2.29. The summed E-state index contributed by atoms with van der Waals surface area (Å²) < 4.78 is 28.4. The number of nitrogens with one attached hydrogen (secondary N) is 1. The first-order valence-corrected chi connectivity index (χ1v) is 9.92. The molecule has 0 spiro atoms. The molecule has 0 unspecified atom stereocenters. The minimum absolute atomic E-state index is 0.139. The molecule has 0 aliphatic carbocycles. The van der Waals surface area contributed by atoms with Crippen molar-refractivity contribution in [1.29, 1.82) is 0 Å². The summed E-state index contributed by atoms with van der Waals surface area (Å²) in [6.45, 7) is 13.1. The standard InChI is InChI=1S/C20H26N2O3S/c1-7-13-22-15(3)14(2)17(18(22)21-19(23)20(4,5)6)26(24,25)16-11-9-8-10-12-16/h7-12H,1,13H2,2-6H3,(H,21,23). The maximum atomic E-state index is 13.3. The van der Waals surface area contributed by atoms with Crippen LogP contribution in [0.25, 0.3) is 0 Å². The van der Waals surface area contributed by atoms with Gasteiger partial charge in [0.15, 0.2) is 0 Å². The number of benzene rings is 1. The summed E-state index contributed by atoms with van der Waals surface area (Å²) >= 11 is 0. The highest BCUT2D eigenvalue weighted by molar-refractivity contribution is 7.91. The van der Waals surface area contributed by atoms with E-state index < -0.39 is 15.3 Å². The number of rotatable bonds is 5. The van der Waals surface area contributed by atoms with Gasteiger partial charge in [0.1, 0.15) is 10.7 Å². The second-order valence-corrected chi connectivity index (χ2v) is 9.19. The number of hydrogen-bond donors (Lipinski definition) is 1. The molecule has 1 heterocycles. The van der Waals surface area contributed by atoms with Gasteiger partial charge in [-0.15, -0.1) is 6.58 Å². The minimum atomic E-state index is -3.78. The SMILES string of the molecule is C=CCn1c(C)c(C)c(S(=O)(=O)c2ccccc2)c1NC(=O)C(C)(C)C. The van der Waals surface area contributed by atoms with Gasteiger partial charge in [0.2, 0.25) is 15.7 Å². The van der Waals surface area contributed by atoms with E-state index in [1.807, 2.05) is 6.92 Å². The van der Waals surface area contributed by atoms with Crippen LogP contribution in [0.15, 0.2) is 52.8 Å². The van der Waals surface area contributed by atoms with Gasteiger partial charge in [-0.25, -0.2) is 8.42 Å². The van der Waals surface area contributed by atoms with Crippen LogP contribution in [0.1, 0.15) is 32.0 Å². The maximum Gasteiger partial charge on any atom is 0.230 e. The molecule has 0 saturated heterocycles. The van der Waals surface area contributed by atoms with E-state index in [-0.39, 0.29) is 15.7 Å². The van der Waals surface area contributed by atoms with Crippen LogP contribution in [0.5, 0.6) is 0 Å². The van der Waals surface area contributed by atoms with Crippen LogP contribution in [0.3, 0.4) is 0 Å². The normalized spacial score (nSPS) is 12.0. The highest BCUT2D eigenvalue weighted by Crippen LogP contribution is 2.36. The van der Waals surface area contributed by atoms with Gasteiger partial charge in [0.25, 0.3) is 0 Å². The third-order valence-electron chi connectivity index (χ3n) is 4.32. The summed E-state index contributed by atoms with van der Waals surface area (Å²) in [4.78, 5) is 12.9. The molecule has 2 aromatic rings. The van der Waals surface area contributed by atoms with Gasteiger partial charge in [0, 0.05) is 17.7 Å². The van der Waals surface area contributed by atoms with Crippen molar-refractivity contribution in [3.05, 3.63) is 54.2 Å². The van der Waals surface area contributed by atoms with E-state index >= 15 is 0 Å². The quantitative estimate of drug-likeness (QED) is 0.801. The number of carbonyl (C=O) groups is 1. The Labute approximate surface area is 155 Å². The van der Waals surface area contributed by atoms with E-state index in [1.165, 1.54) is 0 Å². The fraction of sp³-hybridized carbons (Fsp3) is 0.350. The third kappa shape index (κ3) is 3.60. The Morgan fingerprint density at radius 1 is 1.19 bits per heavy atom. The van der Waals surface area contributed by atoms with Gasteiger partial charge in [0.05, 0.1) is 4.90 Å². The van der Waals surface area contributed by atoms with Gasteiger partial charge in [-0.3, -0.25) is 4.79 Å². The van der Waals surface area contributed by atoms with Crippen LogP contribution in [0, 0.1) is 19.3 Å². The molecular weight excluding hydrogens is 348 g/mol. The molecule has 1 N–H and O–H groups in total. The van der Waals surface area contributed by atoms with Gasteiger partial charge in [-0.05, 0) is 31.5 Å². The molecule has 26 heavy (non-hydrogen) atoms. The van der Waals surface area contributed by atoms with Crippen molar-refractivity contribution in [2.24, 2.45) is 5.41 Å². The number of amides is 1. The van der Waals surface area contributed by atoms with Crippen LogP contribution in [0.4, 0.5) is 5.82 Å². The first-order valence-electron chi connectivity index (χ1n) is 8.44. The second-order valence-electron chi connectivity index (χ2n) is 7.31. The molecule has 0 bridgehead atoms. The Bertz CT molecular complexity index is 934. The van der Waals surface area contributed by atoms with Crippen molar-refractivity contribution in [2.45, 2.75) is 51.0 Å². The molecule has 1 amide bonds. The number of allylic oxidation sites excluding steroid dienone is 1. The first kappa shape index (κ1) is 20.0. The van der Waals surface area contributed by atoms with E-state index in [0.29, 0.717) is 17.9 Å². The number of aromatic nitrogens is 1. The molecule has 2 rings (SSSR count). The Morgan fingerprint density at radius 2 is 1.77 bits per heavy atom. The van der Waals surface area contributed by atoms with Crippen molar-refractivity contribution in [3.63, 3.8) is 0 Å². The van der Waals surface area contributed by atoms with E-state index in [2.05, 4.69) is 11.9 Å². The molecule has 1 aromatic heterocycles. The lowest BCUT2D eigenvalue weighted by Gasteiger charge is -2.20. The van der Waals surface area contributed by atoms with Crippen molar-refractivity contribution in [3.8, 4) is 0 Å². The summed E-state index contributed by atoms with van der Waals surface area (Å²) in [5.74, 6) is 0.0495. The lowest BCUT2D eigenvalue weighted by molar-refractivity contribution is -0.123. The molecule has 1 aromatic carbocycles. The molecule has 0 fully saturated rings. The topological polar surface area (TPSA) is 68.2 Å². The van der Waals surface area contributed by atoms with Crippen molar-refractivity contribution >= 4 is 21.6 Å². The number of hydrogen-bond acceptors (Lipinski definition) is 3. The average Bonchev–Trinajstić information content (AvgIpc) is 2.80. The Morgan fingerprint density at radius 3 is 2.27 bits per heavy atom. The molecule has 0 aliphatic rings. The fourth-order valence-corrected chi connectivity index (χ4v) is 4.38. The number of nitrogens with zero attached hydrogens (tertiary/aromatic N) is 1. The van der Waals surface area contributed by atoms with Crippen LogP contribution in [0.2, 0.25) is 0 Å². The van der Waals surface area contributed by atoms with Crippen molar-refractivity contribution in [1.82, 2.24) is 4.57 Å². The van der Waals surface area contributed by atoms with Crippen LogP contribution in [-0.4, -0.2) is 18.9 Å². The first-order chi connectivity index (χ1) is 12.0. The number of sulfone groups is 1. The molecule has 140 valence electrons. The van der Waals surface area contributed by atoms with Crippen molar-refractivity contribution in [2.75, 3.05) is 5.32 Å². The molecular formula is C20H26N2O3S. The van der Waals surface area contributed by atoms with Gasteiger partial charge < -0.3 is 9.88 Å². The monoisotopic (exact) mass is 374 g/mol. The fourth-order valence-electron chi connectivity index (χ4n) is 2.66. The molecule has 0 saturated carbocycles. The van der Waals surface area contributed by atoms with Gasteiger partial charge in [-0.1, -0.05) is 45.0 Å². The highest BCUT2D eigenvalue weighted by atomic mass is 32.2. The Kier molecular flexibility index (Phi) is 5.47. The molecule has 0 radical (unpaired) electrons. The molecule has 0 aliphatic heterocycles. The van der Waals surface area contributed by atoms with Gasteiger partial charge in [-0.2, -0.15) is 0 Å². The summed E-state index contributed by atoms with van der Waals surface area (Å²) in [6, 6.07) is 8.25. The van der Waals surface area contributed by atoms with Crippen LogP contribution in [-0.2, 0) is 21.2 Å². The molecule has 0 atom stereocenters.